The highest BCUT2D eigenvalue weighted by atomic mass is 35.5. The Morgan fingerprint density at radius 3 is 2.91 bits per heavy atom. The molecule has 0 amide bonds. The number of nitrogens with two attached hydrogens (primary N) is 1. The summed E-state index contributed by atoms with van der Waals surface area (Å²) in [7, 11) is 0. The minimum absolute atomic E-state index is 0.232. The first-order chi connectivity index (χ1) is 10.6. The summed E-state index contributed by atoms with van der Waals surface area (Å²) in [4.78, 5) is 6.82. The van der Waals surface area contributed by atoms with Gasteiger partial charge in [-0.05, 0) is 56.5 Å². The monoisotopic (exact) mass is 320 g/mol. The molecule has 0 bridgehead atoms. The Labute approximate surface area is 135 Å². The second kappa shape index (κ2) is 6.77. The van der Waals surface area contributed by atoms with Gasteiger partial charge in [-0.2, -0.15) is 4.98 Å². The summed E-state index contributed by atoms with van der Waals surface area (Å²) in [6.45, 7) is 4.82. The fourth-order valence-corrected chi connectivity index (χ4v) is 3.02. The first-order valence-corrected chi connectivity index (χ1v) is 8.06. The molecule has 1 aromatic heterocycles. The van der Waals surface area contributed by atoms with E-state index in [-0.39, 0.29) is 6.04 Å². The lowest BCUT2D eigenvalue weighted by molar-refractivity contribution is 0.139. The maximum absolute atomic E-state index is 6.03. The molecule has 2 unspecified atom stereocenters. The number of rotatable bonds is 4. The van der Waals surface area contributed by atoms with Crippen LogP contribution in [0, 0.1) is 5.92 Å². The van der Waals surface area contributed by atoms with Gasteiger partial charge in [0.25, 0.3) is 0 Å². The van der Waals surface area contributed by atoms with Gasteiger partial charge in [-0.3, -0.25) is 4.90 Å². The van der Waals surface area contributed by atoms with Crippen LogP contribution < -0.4 is 5.73 Å². The highest BCUT2D eigenvalue weighted by molar-refractivity contribution is 6.30. The van der Waals surface area contributed by atoms with Crippen LogP contribution in [0.25, 0.3) is 11.4 Å². The minimum Gasteiger partial charge on any atom is -0.338 e. The summed E-state index contributed by atoms with van der Waals surface area (Å²) >= 11 is 5.89. The first kappa shape index (κ1) is 15.5. The Morgan fingerprint density at radius 1 is 1.41 bits per heavy atom. The number of likely N-dealkylation sites (tertiary alicyclic amines) is 1. The summed E-state index contributed by atoms with van der Waals surface area (Å²) in [6.07, 6.45) is 2.37. The van der Waals surface area contributed by atoms with E-state index in [0.29, 0.717) is 29.2 Å². The predicted octanol–water partition coefficient (Wildman–Crippen LogP) is 2.95. The summed E-state index contributed by atoms with van der Waals surface area (Å²) in [6, 6.07) is 7.67. The number of hydrogen-bond acceptors (Lipinski definition) is 5. The molecule has 0 saturated carbocycles. The molecule has 0 aliphatic carbocycles. The lowest BCUT2D eigenvalue weighted by Crippen LogP contribution is -2.41. The second-order valence-electron chi connectivity index (χ2n) is 6.02. The van der Waals surface area contributed by atoms with Crippen molar-refractivity contribution in [1.29, 1.82) is 0 Å². The number of piperidine rings is 1. The van der Waals surface area contributed by atoms with E-state index < -0.39 is 0 Å². The topological polar surface area (TPSA) is 68.2 Å². The Kier molecular flexibility index (Phi) is 4.76. The molecule has 3 rings (SSSR count). The standard InChI is InChI=1S/C16H21ClN4O/c1-11(18)13-3-2-8-21(9-13)10-15-19-16(20-22-15)12-4-6-14(17)7-5-12/h4-7,11,13H,2-3,8-10,18H2,1H3. The summed E-state index contributed by atoms with van der Waals surface area (Å²) < 4.78 is 5.38. The molecule has 2 N–H and O–H groups in total. The third-order valence-corrected chi connectivity index (χ3v) is 4.47. The molecular weight excluding hydrogens is 300 g/mol. The van der Waals surface area contributed by atoms with Gasteiger partial charge in [0, 0.05) is 23.2 Å². The molecule has 1 fully saturated rings. The van der Waals surface area contributed by atoms with E-state index >= 15 is 0 Å². The average Bonchev–Trinajstić information content (AvgIpc) is 2.96. The molecular formula is C16H21ClN4O. The van der Waals surface area contributed by atoms with Crippen molar-refractivity contribution in [3.8, 4) is 11.4 Å². The van der Waals surface area contributed by atoms with Crippen LogP contribution >= 0.6 is 11.6 Å². The fraction of sp³-hybridized carbons (Fsp3) is 0.500. The first-order valence-electron chi connectivity index (χ1n) is 7.68. The average molecular weight is 321 g/mol. The maximum atomic E-state index is 6.03. The van der Waals surface area contributed by atoms with E-state index in [1.807, 2.05) is 24.3 Å². The van der Waals surface area contributed by atoms with E-state index in [2.05, 4.69) is 22.0 Å². The van der Waals surface area contributed by atoms with Crippen LogP contribution in [0.3, 0.4) is 0 Å². The molecule has 1 aliphatic rings. The summed E-state index contributed by atoms with van der Waals surface area (Å²) in [5.74, 6) is 1.80. The van der Waals surface area contributed by atoms with Crippen molar-refractivity contribution in [2.45, 2.75) is 32.4 Å². The van der Waals surface area contributed by atoms with Gasteiger partial charge in [0.2, 0.25) is 11.7 Å². The van der Waals surface area contributed by atoms with Gasteiger partial charge in [0.1, 0.15) is 0 Å². The van der Waals surface area contributed by atoms with Crippen molar-refractivity contribution in [2.75, 3.05) is 13.1 Å². The van der Waals surface area contributed by atoms with E-state index in [1.54, 1.807) is 0 Å². The van der Waals surface area contributed by atoms with Crippen molar-refractivity contribution in [3.05, 3.63) is 35.2 Å². The van der Waals surface area contributed by atoms with Crippen LogP contribution in [-0.4, -0.2) is 34.2 Å². The Hall–Kier alpha value is -1.43. The van der Waals surface area contributed by atoms with Crippen LogP contribution in [0.1, 0.15) is 25.7 Å². The SMILES string of the molecule is CC(N)C1CCCN(Cc2nc(-c3ccc(Cl)cc3)no2)C1. The highest BCUT2D eigenvalue weighted by Crippen LogP contribution is 2.22. The summed E-state index contributed by atoms with van der Waals surface area (Å²) in [5, 5.41) is 4.75. The Morgan fingerprint density at radius 2 is 2.18 bits per heavy atom. The number of nitrogens with zero attached hydrogens (tertiary/aromatic N) is 3. The normalized spacial score (nSPS) is 21.0. The zero-order valence-corrected chi connectivity index (χ0v) is 13.5. The van der Waals surface area contributed by atoms with Crippen molar-refractivity contribution >= 4 is 11.6 Å². The quantitative estimate of drug-likeness (QED) is 0.938. The van der Waals surface area contributed by atoms with Gasteiger partial charge in [0.15, 0.2) is 0 Å². The lowest BCUT2D eigenvalue weighted by atomic mass is 9.92. The van der Waals surface area contributed by atoms with E-state index in [1.165, 1.54) is 12.8 Å². The van der Waals surface area contributed by atoms with E-state index in [9.17, 15) is 0 Å². The van der Waals surface area contributed by atoms with E-state index in [0.717, 1.165) is 18.7 Å². The van der Waals surface area contributed by atoms with Gasteiger partial charge in [-0.25, -0.2) is 0 Å². The van der Waals surface area contributed by atoms with Gasteiger partial charge in [-0.15, -0.1) is 0 Å². The van der Waals surface area contributed by atoms with Crippen LogP contribution in [0.5, 0.6) is 0 Å². The third-order valence-electron chi connectivity index (χ3n) is 4.21. The Balaban J connectivity index is 1.65. The van der Waals surface area contributed by atoms with Crippen LogP contribution in [0.15, 0.2) is 28.8 Å². The number of benzene rings is 1. The molecule has 6 heteroatoms. The Bertz CT molecular complexity index is 611. The van der Waals surface area contributed by atoms with Gasteiger partial charge in [0.05, 0.1) is 6.54 Å². The van der Waals surface area contributed by atoms with Crippen LogP contribution in [0.4, 0.5) is 0 Å². The van der Waals surface area contributed by atoms with Crippen molar-refractivity contribution < 1.29 is 4.52 Å². The van der Waals surface area contributed by atoms with Gasteiger partial charge >= 0.3 is 0 Å². The second-order valence-corrected chi connectivity index (χ2v) is 6.45. The number of aromatic nitrogens is 2. The smallest absolute Gasteiger partial charge is 0.241 e. The molecule has 2 aromatic rings. The molecule has 5 nitrogen and oxygen atoms in total. The zero-order valence-electron chi connectivity index (χ0n) is 12.7. The maximum Gasteiger partial charge on any atom is 0.241 e. The molecule has 1 saturated heterocycles. The molecule has 0 radical (unpaired) electrons. The minimum atomic E-state index is 0.232. The largest absolute Gasteiger partial charge is 0.338 e. The molecule has 0 spiro atoms. The van der Waals surface area contributed by atoms with Crippen molar-refractivity contribution in [1.82, 2.24) is 15.0 Å². The predicted molar refractivity (Wildman–Crippen MR) is 86.4 cm³/mol. The molecule has 22 heavy (non-hydrogen) atoms. The van der Waals surface area contributed by atoms with Gasteiger partial charge < -0.3 is 10.3 Å². The van der Waals surface area contributed by atoms with E-state index in [4.69, 9.17) is 21.9 Å². The number of halogens is 1. The van der Waals surface area contributed by atoms with Crippen LogP contribution in [-0.2, 0) is 6.54 Å². The number of hydrogen-bond donors (Lipinski definition) is 1. The molecule has 118 valence electrons. The van der Waals surface area contributed by atoms with Gasteiger partial charge in [-0.1, -0.05) is 16.8 Å². The summed E-state index contributed by atoms with van der Waals surface area (Å²) in [5.41, 5.74) is 6.93. The molecule has 2 atom stereocenters. The highest BCUT2D eigenvalue weighted by Gasteiger charge is 2.24. The van der Waals surface area contributed by atoms with Crippen LogP contribution in [0.2, 0.25) is 5.02 Å². The fourth-order valence-electron chi connectivity index (χ4n) is 2.89. The molecule has 1 aliphatic heterocycles. The zero-order chi connectivity index (χ0) is 15.5. The third kappa shape index (κ3) is 3.66. The lowest BCUT2D eigenvalue weighted by Gasteiger charge is -2.33. The van der Waals surface area contributed by atoms with Crippen molar-refractivity contribution in [3.63, 3.8) is 0 Å². The van der Waals surface area contributed by atoms with Crippen molar-refractivity contribution in [2.24, 2.45) is 11.7 Å². The molecule has 2 heterocycles. The molecule has 1 aromatic carbocycles.